The zero-order valence-corrected chi connectivity index (χ0v) is 9.77. The van der Waals surface area contributed by atoms with Crippen molar-refractivity contribution in [2.45, 2.75) is 19.1 Å². The number of aliphatic hydroxyl groups is 2. The Morgan fingerprint density at radius 1 is 1.50 bits per heavy atom. The van der Waals surface area contributed by atoms with E-state index in [0.717, 1.165) is 5.56 Å². The van der Waals surface area contributed by atoms with Gasteiger partial charge in [0, 0.05) is 23.9 Å². The molecule has 0 saturated carbocycles. The minimum atomic E-state index is -0.940. The summed E-state index contributed by atoms with van der Waals surface area (Å²) < 4.78 is 5.02. The van der Waals surface area contributed by atoms with Crippen LogP contribution in [0.3, 0.4) is 0 Å². The van der Waals surface area contributed by atoms with Gasteiger partial charge in [-0.2, -0.15) is 0 Å². The Hall–Kier alpha value is -1.17. The van der Waals surface area contributed by atoms with E-state index in [-0.39, 0.29) is 0 Å². The predicted molar refractivity (Wildman–Crippen MR) is 60.4 cm³/mol. The number of aromatic nitrogens is 1. The first-order valence-electron chi connectivity index (χ1n) is 5.11. The highest BCUT2D eigenvalue weighted by molar-refractivity contribution is 5.29. The minimum absolute atomic E-state index is 0.326. The second-order valence-corrected chi connectivity index (χ2v) is 3.66. The molecule has 5 heteroatoms. The van der Waals surface area contributed by atoms with Crippen molar-refractivity contribution < 1.29 is 14.9 Å². The SMILES string of the molecule is CNCC(O)C(O)c1cnc(OC)c(C)c1. The lowest BCUT2D eigenvalue weighted by Crippen LogP contribution is -2.29. The molecule has 1 aromatic heterocycles. The number of rotatable bonds is 5. The predicted octanol–water partition coefficient (Wildman–Crippen LogP) is 0.0123. The highest BCUT2D eigenvalue weighted by Gasteiger charge is 2.18. The Morgan fingerprint density at radius 3 is 2.69 bits per heavy atom. The highest BCUT2D eigenvalue weighted by Crippen LogP contribution is 2.21. The zero-order chi connectivity index (χ0) is 12.1. The van der Waals surface area contributed by atoms with Gasteiger partial charge >= 0.3 is 0 Å². The molecule has 0 bridgehead atoms. The molecule has 2 unspecified atom stereocenters. The Balaban J connectivity index is 2.84. The lowest BCUT2D eigenvalue weighted by molar-refractivity contribution is 0.0199. The largest absolute Gasteiger partial charge is 0.481 e. The van der Waals surface area contributed by atoms with E-state index in [4.69, 9.17) is 4.74 Å². The summed E-state index contributed by atoms with van der Waals surface area (Å²) in [6.45, 7) is 2.17. The van der Waals surface area contributed by atoms with Crippen molar-refractivity contribution in [3.05, 3.63) is 23.4 Å². The molecule has 3 N–H and O–H groups in total. The summed E-state index contributed by atoms with van der Waals surface area (Å²) in [6.07, 6.45) is -0.279. The molecule has 0 aromatic carbocycles. The van der Waals surface area contributed by atoms with E-state index in [1.54, 1.807) is 20.2 Å². The Morgan fingerprint density at radius 2 is 2.19 bits per heavy atom. The average Bonchev–Trinajstić information content (AvgIpc) is 2.28. The van der Waals surface area contributed by atoms with Gasteiger partial charge in [-0.05, 0) is 20.0 Å². The van der Waals surface area contributed by atoms with Crippen LogP contribution in [0.1, 0.15) is 17.2 Å². The van der Waals surface area contributed by atoms with E-state index in [1.165, 1.54) is 6.20 Å². The van der Waals surface area contributed by atoms with Crippen molar-refractivity contribution in [2.24, 2.45) is 0 Å². The van der Waals surface area contributed by atoms with E-state index >= 15 is 0 Å². The molecule has 0 fully saturated rings. The number of nitrogens with one attached hydrogen (secondary N) is 1. The average molecular weight is 226 g/mol. The fourth-order valence-corrected chi connectivity index (χ4v) is 1.50. The Kier molecular flexibility index (Phi) is 4.67. The van der Waals surface area contributed by atoms with Crippen molar-refractivity contribution >= 4 is 0 Å². The fourth-order valence-electron chi connectivity index (χ4n) is 1.50. The summed E-state index contributed by atoms with van der Waals surface area (Å²) in [5.74, 6) is 0.527. The van der Waals surface area contributed by atoms with Gasteiger partial charge in [-0.25, -0.2) is 4.98 Å². The minimum Gasteiger partial charge on any atom is -0.481 e. The third kappa shape index (κ3) is 2.91. The number of pyridine rings is 1. The van der Waals surface area contributed by atoms with Gasteiger partial charge in [-0.3, -0.25) is 0 Å². The van der Waals surface area contributed by atoms with E-state index < -0.39 is 12.2 Å². The van der Waals surface area contributed by atoms with Crippen LogP contribution in [-0.4, -0.2) is 42.0 Å². The Labute approximate surface area is 95.1 Å². The number of ether oxygens (including phenoxy) is 1. The molecule has 1 heterocycles. The quantitative estimate of drug-likeness (QED) is 0.659. The van der Waals surface area contributed by atoms with E-state index in [2.05, 4.69) is 10.3 Å². The topological polar surface area (TPSA) is 74.6 Å². The maximum atomic E-state index is 9.84. The summed E-state index contributed by atoms with van der Waals surface area (Å²) in [5, 5.41) is 22.3. The maximum absolute atomic E-state index is 9.84. The third-order valence-electron chi connectivity index (χ3n) is 2.36. The molecule has 0 spiro atoms. The highest BCUT2D eigenvalue weighted by atomic mass is 16.5. The molecule has 0 aliphatic heterocycles. The molecule has 0 amide bonds. The van der Waals surface area contributed by atoms with Gasteiger partial charge in [0.15, 0.2) is 0 Å². The maximum Gasteiger partial charge on any atom is 0.215 e. The molecular formula is C11H18N2O3. The summed E-state index contributed by atoms with van der Waals surface area (Å²) in [7, 11) is 3.26. The molecule has 0 saturated heterocycles. The smallest absolute Gasteiger partial charge is 0.215 e. The molecule has 0 aliphatic rings. The Bertz CT molecular complexity index is 344. The monoisotopic (exact) mass is 226 g/mol. The number of hydrogen-bond acceptors (Lipinski definition) is 5. The molecule has 5 nitrogen and oxygen atoms in total. The van der Waals surface area contributed by atoms with Crippen molar-refractivity contribution in [3.63, 3.8) is 0 Å². The van der Waals surface area contributed by atoms with Gasteiger partial charge in [0.25, 0.3) is 0 Å². The molecule has 1 rings (SSSR count). The second kappa shape index (κ2) is 5.79. The van der Waals surface area contributed by atoms with Crippen LogP contribution in [0.4, 0.5) is 0 Å². The molecule has 0 radical (unpaired) electrons. The van der Waals surface area contributed by atoms with Crippen molar-refractivity contribution in [1.29, 1.82) is 0 Å². The van der Waals surface area contributed by atoms with Gasteiger partial charge in [-0.15, -0.1) is 0 Å². The first-order chi connectivity index (χ1) is 7.60. The lowest BCUT2D eigenvalue weighted by atomic mass is 10.0. The van der Waals surface area contributed by atoms with Crippen LogP contribution in [0.15, 0.2) is 12.3 Å². The van der Waals surface area contributed by atoms with Gasteiger partial charge < -0.3 is 20.3 Å². The molecule has 1 aromatic rings. The first kappa shape index (κ1) is 12.9. The van der Waals surface area contributed by atoms with Crippen LogP contribution in [0, 0.1) is 6.92 Å². The summed E-state index contributed by atoms with van der Waals surface area (Å²) in [6, 6.07) is 1.76. The molecule has 90 valence electrons. The standard InChI is InChI=1S/C11H18N2O3/c1-7-4-8(5-13-11(7)16-3)10(15)9(14)6-12-2/h4-5,9-10,12,14-15H,6H2,1-3H3. The van der Waals surface area contributed by atoms with E-state index in [9.17, 15) is 10.2 Å². The van der Waals surface area contributed by atoms with Crippen LogP contribution in [0.5, 0.6) is 5.88 Å². The van der Waals surface area contributed by atoms with Crippen molar-refractivity contribution in [1.82, 2.24) is 10.3 Å². The first-order valence-corrected chi connectivity index (χ1v) is 5.11. The summed E-state index contributed by atoms with van der Waals surface area (Å²) >= 11 is 0. The van der Waals surface area contributed by atoms with Crippen LogP contribution < -0.4 is 10.1 Å². The molecule has 2 atom stereocenters. The fraction of sp³-hybridized carbons (Fsp3) is 0.545. The molecule has 0 aliphatic carbocycles. The van der Waals surface area contributed by atoms with Gasteiger partial charge in [0.2, 0.25) is 5.88 Å². The number of hydrogen-bond donors (Lipinski definition) is 3. The van der Waals surface area contributed by atoms with E-state index in [1.807, 2.05) is 6.92 Å². The van der Waals surface area contributed by atoms with Gasteiger partial charge in [0.05, 0.1) is 13.2 Å². The van der Waals surface area contributed by atoms with Crippen LogP contribution in [0.2, 0.25) is 0 Å². The van der Waals surface area contributed by atoms with Crippen LogP contribution in [-0.2, 0) is 0 Å². The van der Waals surface area contributed by atoms with Gasteiger partial charge in [-0.1, -0.05) is 0 Å². The van der Waals surface area contributed by atoms with E-state index in [0.29, 0.717) is 18.0 Å². The van der Waals surface area contributed by atoms with Crippen LogP contribution in [0.25, 0.3) is 0 Å². The van der Waals surface area contributed by atoms with Gasteiger partial charge in [0.1, 0.15) is 6.10 Å². The number of likely N-dealkylation sites (N-methyl/N-ethyl adjacent to an activating group) is 1. The number of aryl methyl sites for hydroxylation is 1. The second-order valence-electron chi connectivity index (χ2n) is 3.66. The number of nitrogens with zero attached hydrogens (tertiary/aromatic N) is 1. The van der Waals surface area contributed by atoms with Crippen LogP contribution >= 0.6 is 0 Å². The number of methoxy groups -OCH3 is 1. The number of aliphatic hydroxyl groups excluding tert-OH is 2. The van der Waals surface area contributed by atoms with Crippen molar-refractivity contribution in [2.75, 3.05) is 20.7 Å². The third-order valence-corrected chi connectivity index (χ3v) is 2.36. The molecular weight excluding hydrogens is 208 g/mol. The zero-order valence-electron chi connectivity index (χ0n) is 9.77. The van der Waals surface area contributed by atoms with Crippen molar-refractivity contribution in [3.8, 4) is 5.88 Å². The summed E-state index contributed by atoms with van der Waals surface area (Å²) in [4.78, 5) is 4.05. The lowest BCUT2D eigenvalue weighted by Gasteiger charge is -2.18. The summed E-state index contributed by atoms with van der Waals surface area (Å²) in [5.41, 5.74) is 1.41. The normalized spacial score (nSPS) is 14.6. The molecule has 16 heavy (non-hydrogen) atoms.